The van der Waals surface area contributed by atoms with Crippen molar-refractivity contribution in [1.82, 2.24) is 10.2 Å². The highest BCUT2D eigenvalue weighted by atomic mass is 16.3. The summed E-state index contributed by atoms with van der Waals surface area (Å²) in [6, 6.07) is 1.99. The van der Waals surface area contributed by atoms with Gasteiger partial charge in [0.25, 0.3) is 0 Å². The molecular weight excluding hydrogens is 278 g/mol. The van der Waals surface area contributed by atoms with Gasteiger partial charge in [-0.1, -0.05) is 0 Å². The van der Waals surface area contributed by atoms with E-state index >= 15 is 0 Å². The van der Waals surface area contributed by atoms with Crippen LogP contribution < -0.4 is 5.32 Å². The lowest BCUT2D eigenvalue weighted by Gasteiger charge is -2.60. The lowest BCUT2D eigenvalue weighted by molar-refractivity contribution is -0.147. The highest BCUT2D eigenvalue weighted by Crippen LogP contribution is 2.57. The lowest BCUT2D eigenvalue weighted by atomic mass is 9.51. The molecule has 1 amide bonds. The first-order chi connectivity index (χ1) is 10.5. The summed E-state index contributed by atoms with van der Waals surface area (Å²) in [7, 11) is 0. The number of carbonyl (C=O) groups excluding carboxylic acids is 1. The maximum atomic E-state index is 12.4. The first-order valence-electron chi connectivity index (χ1n) is 8.67. The summed E-state index contributed by atoms with van der Waals surface area (Å²) in [5.41, 5.74) is -0.542. The molecule has 0 aromatic heterocycles. The zero-order valence-corrected chi connectivity index (χ0v) is 13.1. The van der Waals surface area contributed by atoms with Crippen molar-refractivity contribution < 1.29 is 9.90 Å². The van der Waals surface area contributed by atoms with Gasteiger partial charge in [-0.3, -0.25) is 4.79 Å². The minimum absolute atomic E-state index is 0.0453. The maximum Gasteiger partial charge on any atom is 0.237 e. The van der Waals surface area contributed by atoms with Crippen LogP contribution in [0.3, 0.4) is 0 Å². The van der Waals surface area contributed by atoms with Crippen LogP contribution in [0.2, 0.25) is 0 Å². The van der Waals surface area contributed by atoms with Crippen molar-refractivity contribution in [1.29, 1.82) is 5.26 Å². The molecule has 0 aromatic rings. The van der Waals surface area contributed by atoms with Crippen molar-refractivity contribution in [3.63, 3.8) is 0 Å². The highest BCUT2D eigenvalue weighted by molar-refractivity contribution is 5.79. The standard InChI is InChI=1S/C17H25N3O2/c18-9-14-2-1-3-20(14)15(21)10-19-16-5-12-4-13(6-16)8-17(22,7-12)11-16/h12-14,19,22H,1-8,10-11H2/t12-,13-,14?,16?,17?/m0/s1. The van der Waals surface area contributed by atoms with E-state index in [2.05, 4.69) is 11.4 Å². The van der Waals surface area contributed by atoms with Gasteiger partial charge in [-0.2, -0.15) is 5.26 Å². The fourth-order valence-corrected chi connectivity index (χ4v) is 5.99. The zero-order valence-electron chi connectivity index (χ0n) is 13.1. The summed E-state index contributed by atoms with van der Waals surface area (Å²) < 4.78 is 0. The molecule has 4 saturated carbocycles. The normalized spacial score (nSPS) is 46.0. The van der Waals surface area contributed by atoms with Gasteiger partial charge in [-0.25, -0.2) is 0 Å². The van der Waals surface area contributed by atoms with Crippen LogP contribution in [0.25, 0.3) is 0 Å². The minimum Gasteiger partial charge on any atom is -0.390 e. The van der Waals surface area contributed by atoms with Crippen LogP contribution in [0.4, 0.5) is 0 Å². The summed E-state index contributed by atoms with van der Waals surface area (Å²) in [6.07, 6.45) is 7.87. The molecule has 4 bridgehead atoms. The number of amides is 1. The number of nitrogens with zero attached hydrogens (tertiary/aromatic N) is 2. The molecule has 22 heavy (non-hydrogen) atoms. The number of aliphatic hydroxyl groups is 1. The highest BCUT2D eigenvalue weighted by Gasteiger charge is 2.57. The molecule has 5 fully saturated rings. The van der Waals surface area contributed by atoms with E-state index in [1.165, 1.54) is 6.42 Å². The lowest BCUT2D eigenvalue weighted by Crippen LogP contribution is -2.65. The number of hydrogen-bond acceptors (Lipinski definition) is 4. The maximum absolute atomic E-state index is 12.4. The zero-order chi connectivity index (χ0) is 15.4. The van der Waals surface area contributed by atoms with Crippen LogP contribution in [-0.2, 0) is 4.79 Å². The van der Waals surface area contributed by atoms with Gasteiger partial charge in [0.2, 0.25) is 5.91 Å². The number of hydrogen-bond donors (Lipinski definition) is 2. The molecule has 3 atom stereocenters. The Hall–Kier alpha value is -1.12. The average molecular weight is 303 g/mol. The van der Waals surface area contributed by atoms with Gasteiger partial charge < -0.3 is 15.3 Å². The van der Waals surface area contributed by atoms with Crippen LogP contribution in [0, 0.1) is 23.2 Å². The van der Waals surface area contributed by atoms with E-state index in [9.17, 15) is 9.90 Å². The molecule has 1 unspecified atom stereocenters. The molecule has 0 aromatic carbocycles. The molecule has 5 nitrogen and oxygen atoms in total. The Balaban J connectivity index is 1.41. The Bertz CT molecular complexity index is 512. The quantitative estimate of drug-likeness (QED) is 0.821. The molecule has 120 valence electrons. The van der Waals surface area contributed by atoms with Crippen molar-refractivity contribution in [2.24, 2.45) is 11.8 Å². The second kappa shape index (κ2) is 4.94. The number of nitriles is 1. The van der Waals surface area contributed by atoms with Crippen LogP contribution in [0.15, 0.2) is 0 Å². The molecule has 0 spiro atoms. The molecule has 5 heteroatoms. The van der Waals surface area contributed by atoms with E-state index in [-0.39, 0.29) is 17.5 Å². The predicted molar refractivity (Wildman–Crippen MR) is 80.7 cm³/mol. The molecule has 5 aliphatic rings. The molecule has 1 heterocycles. The average Bonchev–Trinajstić information content (AvgIpc) is 2.90. The number of likely N-dealkylation sites (tertiary alicyclic amines) is 1. The SMILES string of the molecule is N#CC1CCCN1C(=O)CNC12C[C@@H]3C[C@H](CC(O)(C3)C1)C2. The molecular formula is C17H25N3O2. The predicted octanol–water partition coefficient (Wildman–Crippen LogP) is 1.17. The smallest absolute Gasteiger partial charge is 0.237 e. The molecule has 2 N–H and O–H groups in total. The van der Waals surface area contributed by atoms with E-state index in [1.807, 2.05) is 0 Å². The summed E-state index contributed by atoms with van der Waals surface area (Å²) in [6.45, 7) is 1.02. The van der Waals surface area contributed by atoms with Crippen molar-refractivity contribution in [2.45, 2.75) is 68.5 Å². The van der Waals surface area contributed by atoms with E-state index in [0.717, 1.165) is 44.9 Å². The Morgan fingerprint density at radius 1 is 1.32 bits per heavy atom. The van der Waals surface area contributed by atoms with Gasteiger partial charge in [-0.05, 0) is 63.2 Å². The first-order valence-corrected chi connectivity index (χ1v) is 8.67. The number of carbonyl (C=O) groups is 1. The number of nitrogens with one attached hydrogen (secondary N) is 1. The second-order valence-electron chi connectivity index (χ2n) is 8.19. The van der Waals surface area contributed by atoms with Crippen molar-refractivity contribution >= 4 is 5.91 Å². The Kier molecular flexibility index (Phi) is 3.25. The fraction of sp³-hybridized carbons (Fsp3) is 0.882. The van der Waals surface area contributed by atoms with E-state index in [0.29, 0.717) is 24.9 Å². The Morgan fingerprint density at radius 3 is 2.68 bits per heavy atom. The van der Waals surface area contributed by atoms with E-state index < -0.39 is 5.60 Å². The molecule has 5 rings (SSSR count). The van der Waals surface area contributed by atoms with Crippen LogP contribution >= 0.6 is 0 Å². The molecule has 0 radical (unpaired) electrons. The van der Waals surface area contributed by atoms with Gasteiger partial charge in [-0.15, -0.1) is 0 Å². The van der Waals surface area contributed by atoms with Gasteiger partial charge in [0.05, 0.1) is 18.2 Å². The largest absolute Gasteiger partial charge is 0.390 e. The van der Waals surface area contributed by atoms with Crippen LogP contribution in [-0.4, -0.2) is 46.2 Å². The fourth-order valence-electron chi connectivity index (χ4n) is 5.99. The summed E-state index contributed by atoms with van der Waals surface area (Å²) in [5.74, 6) is 1.28. The van der Waals surface area contributed by atoms with Gasteiger partial charge in [0.1, 0.15) is 6.04 Å². The second-order valence-corrected chi connectivity index (χ2v) is 8.19. The third-order valence-corrected chi connectivity index (χ3v) is 6.37. The van der Waals surface area contributed by atoms with Crippen molar-refractivity contribution in [2.75, 3.05) is 13.1 Å². The Labute approximate surface area is 131 Å². The minimum atomic E-state index is -0.497. The molecule has 1 saturated heterocycles. The molecule has 4 aliphatic carbocycles. The summed E-state index contributed by atoms with van der Waals surface area (Å²) in [4.78, 5) is 14.2. The molecule has 1 aliphatic heterocycles. The third kappa shape index (κ3) is 2.33. The Morgan fingerprint density at radius 2 is 2.05 bits per heavy atom. The first kappa shape index (κ1) is 14.5. The van der Waals surface area contributed by atoms with E-state index in [1.54, 1.807) is 4.90 Å². The number of rotatable bonds is 3. The van der Waals surface area contributed by atoms with Crippen molar-refractivity contribution in [3.8, 4) is 6.07 Å². The summed E-state index contributed by atoms with van der Waals surface area (Å²) in [5, 5.41) is 23.4. The topological polar surface area (TPSA) is 76.4 Å². The summed E-state index contributed by atoms with van der Waals surface area (Å²) >= 11 is 0. The monoisotopic (exact) mass is 303 g/mol. The van der Waals surface area contributed by atoms with Crippen LogP contribution in [0.5, 0.6) is 0 Å². The van der Waals surface area contributed by atoms with E-state index in [4.69, 9.17) is 5.26 Å². The van der Waals surface area contributed by atoms with Crippen LogP contribution in [0.1, 0.15) is 51.4 Å². The van der Waals surface area contributed by atoms with Gasteiger partial charge in [0.15, 0.2) is 0 Å². The van der Waals surface area contributed by atoms with Gasteiger partial charge in [0, 0.05) is 12.1 Å². The van der Waals surface area contributed by atoms with Crippen molar-refractivity contribution in [3.05, 3.63) is 0 Å². The van der Waals surface area contributed by atoms with Gasteiger partial charge >= 0.3 is 0 Å². The third-order valence-electron chi connectivity index (χ3n) is 6.37.